The van der Waals surface area contributed by atoms with Crippen molar-refractivity contribution in [2.24, 2.45) is 0 Å². The van der Waals surface area contributed by atoms with Crippen LogP contribution in [0.15, 0.2) is 18.3 Å². The summed E-state index contributed by atoms with van der Waals surface area (Å²) in [7, 11) is 0. The van der Waals surface area contributed by atoms with Gasteiger partial charge in [-0.05, 0) is 17.7 Å². The van der Waals surface area contributed by atoms with E-state index in [0.717, 1.165) is 6.08 Å². The van der Waals surface area contributed by atoms with Crippen molar-refractivity contribution in [2.45, 2.75) is 0 Å². The fourth-order valence-corrected chi connectivity index (χ4v) is 0.973. The molecule has 0 amide bonds. The lowest BCUT2D eigenvalue weighted by molar-refractivity contribution is -0.131. The van der Waals surface area contributed by atoms with Crippen molar-refractivity contribution < 1.29 is 9.90 Å². The SMILES string of the molecule is O=C(O)C=Cc1cnc(Cl)c(Cl)c1. The lowest BCUT2D eigenvalue weighted by Gasteiger charge is -1.95. The summed E-state index contributed by atoms with van der Waals surface area (Å²) in [4.78, 5) is 13.9. The van der Waals surface area contributed by atoms with Gasteiger partial charge in [-0.1, -0.05) is 23.2 Å². The van der Waals surface area contributed by atoms with E-state index in [1.54, 1.807) is 0 Å². The molecule has 0 unspecified atom stereocenters. The van der Waals surface area contributed by atoms with Crippen molar-refractivity contribution in [3.05, 3.63) is 34.1 Å². The normalized spacial score (nSPS) is 10.6. The fourth-order valence-electron chi connectivity index (χ4n) is 0.695. The Kier molecular flexibility index (Phi) is 3.28. The zero-order valence-electron chi connectivity index (χ0n) is 6.37. The molecule has 0 saturated carbocycles. The predicted octanol–water partition coefficient (Wildman–Crippen LogP) is 2.49. The van der Waals surface area contributed by atoms with Gasteiger partial charge >= 0.3 is 5.97 Å². The van der Waals surface area contributed by atoms with Crippen LogP contribution >= 0.6 is 23.2 Å². The number of nitrogens with zero attached hydrogens (tertiary/aromatic N) is 1. The van der Waals surface area contributed by atoms with Crippen LogP contribution < -0.4 is 0 Å². The molecule has 5 heteroatoms. The zero-order chi connectivity index (χ0) is 9.84. The lowest BCUT2D eigenvalue weighted by atomic mass is 10.2. The van der Waals surface area contributed by atoms with Gasteiger partial charge in [0.15, 0.2) is 0 Å². The minimum absolute atomic E-state index is 0.203. The fraction of sp³-hybridized carbons (Fsp3) is 0. The van der Waals surface area contributed by atoms with Crippen LogP contribution in [0, 0.1) is 0 Å². The molecule has 0 aliphatic carbocycles. The second kappa shape index (κ2) is 4.25. The second-order valence-electron chi connectivity index (χ2n) is 2.21. The molecule has 0 aliphatic heterocycles. The molecule has 0 aliphatic rings. The van der Waals surface area contributed by atoms with E-state index in [4.69, 9.17) is 28.3 Å². The van der Waals surface area contributed by atoms with Gasteiger partial charge in [-0.15, -0.1) is 0 Å². The van der Waals surface area contributed by atoms with Gasteiger partial charge in [0.2, 0.25) is 0 Å². The van der Waals surface area contributed by atoms with Crippen molar-refractivity contribution in [1.29, 1.82) is 0 Å². The number of hydrogen-bond acceptors (Lipinski definition) is 2. The number of aliphatic carboxylic acids is 1. The Morgan fingerprint density at radius 2 is 2.23 bits per heavy atom. The highest BCUT2D eigenvalue weighted by Crippen LogP contribution is 2.20. The summed E-state index contributed by atoms with van der Waals surface area (Å²) in [5, 5.41) is 8.84. The first-order valence-corrected chi connectivity index (χ1v) is 4.07. The number of carboxylic acids is 1. The largest absolute Gasteiger partial charge is 0.478 e. The minimum atomic E-state index is -1.02. The lowest BCUT2D eigenvalue weighted by Crippen LogP contribution is -1.86. The molecule has 0 saturated heterocycles. The number of rotatable bonds is 2. The third-order valence-electron chi connectivity index (χ3n) is 1.24. The maximum atomic E-state index is 10.2. The minimum Gasteiger partial charge on any atom is -0.478 e. The Labute approximate surface area is 84.6 Å². The van der Waals surface area contributed by atoms with Crippen molar-refractivity contribution in [3.8, 4) is 0 Å². The van der Waals surface area contributed by atoms with Crippen LogP contribution in [0.2, 0.25) is 10.2 Å². The number of halogens is 2. The predicted molar refractivity (Wildman–Crippen MR) is 50.9 cm³/mol. The van der Waals surface area contributed by atoms with Crippen LogP contribution in [0.4, 0.5) is 0 Å². The first-order chi connectivity index (χ1) is 6.09. The molecule has 0 atom stereocenters. The molecule has 13 heavy (non-hydrogen) atoms. The topological polar surface area (TPSA) is 50.2 Å². The van der Waals surface area contributed by atoms with Crippen LogP contribution in [0.3, 0.4) is 0 Å². The van der Waals surface area contributed by atoms with Crippen LogP contribution in [0.5, 0.6) is 0 Å². The van der Waals surface area contributed by atoms with E-state index < -0.39 is 5.97 Å². The zero-order valence-corrected chi connectivity index (χ0v) is 7.88. The number of aromatic nitrogens is 1. The summed E-state index contributed by atoms with van der Waals surface area (Å²) in [6, 6.07) is 1.54. The van der Waals surface area contributed by atoms with Gasteiger partial charge < -0.3 is 5.11 Å². The molecule has 1 rings (SSSR count). The summed E-state index contributed by atoms with van der Waals surface area (Å²) >= 11 is 11.2. The molecular formula is C8H5Cl2NO2. The quantitative estimate of drug-likeness (QED) is 0.612. The van der Waals surface area contributed by atoms with Gasteiger partial charge in [-0.2, -0.15) is 0 Å². The maximum Gasteiger partial charge on any atom is 0.328 e. The van der Waals surface area contributed by atoms with Gasteiger partial charge in [-0.3, -0.25) is 0 Å². The highest BCUT2D eigenvalue weighted by atomic mass is 35.5. The molecule has 1 aromatic heterocycles. The first-order valence-electron chi connectivity index (χ1n) is 3.31. The van der Waals surface area contributed by atoms with Crippen LogP contribution in [-0.4, -0.2) is 16.1 Å². The van der Waals surface area contributed by atoms with Gasteiger partial charge in [0, 0.05) is 12.3 Å². The Hall–Kier alpha value is -1.06. The average molecular weight is 218 g/mol. The molecule has 1 aromatic rings. The molecule has 0 fully saturated rings. The van der Waals surface area contributed by atoms with Crippen LogP contribution in [0.25, 0.3) is 6.08 Å². The third-order valence-corrected chi connectivity index (χ3v) is 1.92. The van der Waals surface area contributed by atoms with E-state index in [9.17, 15) is 4.79 Å². The molecule has 3 nitrogen and oxygen atoms in total. The van der Waals surface area contributed by atoms with Crippen molar-refractivity contribution in [2.75, 3.05) is 0 Å². The van der Waals surface area contributed by atoms with E-state index in [1.165, 1.54) is 18.3 Å². The van der Waals surface area contributed by atoms with E-state index in [0.29, 0.717) is 10.6 Å². The Bertz CT molecular complexity index is 363. The van der Waals surface area contributed by atoms with Crippen LogP contribution in [0.1, 0.15) is 5.56 Å². The highest BCUT2D eigenvalue weighted by molar-refractivity contribution is 6.41. The van der Waals surface area contributed by atoms with Crippen molar-refractivity contribution in [1.82, 2.24) is 4.98 Å². The van der Waals surface area contributed by atoms with Gasteiger partial charge in [0.25, 0.3) is 0 Å². The highest BCUT2D eigenvalue weighted by Gasteiger charge is 1.98. The van der Waals surface area contributed by atoms with Crippen LogP contribution in [-0.2, 0) is 4.79 Å². The first kappa shape index (κ1) is 10.0. The van der Waals surface area contributed by atoms with E-state index in [-0.39, 0.29) is 5.15 Å². The molecule has 68 valence electrons. The monoisotopic (exact) mass is 217 g/mol. The van der Waals surface area contributed by atoms with Gasteiger partial charge in [0.05, 0.1) is 5.02 Å². The molecule has 0 spiro atoms. The standard InChI is InChI=1S/C8H5Cl2NO2/c9-6-3-5(1-2-7(12)13)4-11-8(6)10/h1-4H,(H,12,13). The number of carbonyl (C=O) groups is 1. The number of hydrogen-bond donors (Lipinski definition) is 1. The summed E-state index contributed by atoms with van der Waals surface area (Å²) in [5.41, 5.74) is 0.594. The Morgan fingerprint density at radius 3 is 2.77 bits per heavy atom. The Balaban J connectivity index is 2.92. The average Bonchev–Trinajstić information content (AvgIpc) is 2.07. The molecule has 0 aromatic carbocycles. The number of pyridine rings is 1. The van der Waals surface area contributed by atoms with Crippen molar-refractivity contribution in [3.63, 3.8) is 0 Å². The summed E-state index contributed by atoms with van der Waals surface area (Å²) in [5.74, 6) is -1.02. The maximum absolute atomic E-state index is 10.2. The molecule has 0 bridgehead atoms. The van der Waals surface area contributed by atoms with E-state index in [2.05, 4.69) is 4.98 Å². The molecule has 1 N–H and O–H groups in total. The van der Waals surface area contributed by atoms with E-state index in [1.807, 2.05) is 0 Å². The second-order valence-corrected chi connectivity index (χ2v) is 2.98. The summed E-state index contributed by atoms with van der Waals surface area (Å²) in [6.45, 7) is 0. The summed E-state index contributed by atoms with van der Waals surface area (Å²) in [6.07, 6.45) is 3.83. The van der Waals surface area contributed by atoms with Crippen molar-refractivity contribution >= 4 is 35.2 Å². The van der Waals surface area contributed by atoms with Gasteiger partial charge in [0.1, 0.15) is 5.15 Å². The smallest absolute Gasteiger partial charge is 0.328 e. The third kappa shape index (κ3) is 3.05. The Morgan fingerprint density at radius 1 is 1.54 bits per heavy atom. The van der Waals surface area contributed by atoms with Gasteiger partial charge in [-0.25, -0.2) is 9.78 Å². The molecule has 1 heterocycles. The number of carboxylic acid groups (broad SMARTS) is 1. The molecular weight excluding hydrogens is 213 g/mol. The summed E-state index contributed by atoms with van der Waals surface area (Å²) < 4.78 is 0. The molecule has 0 radical (unpaired) electrons. The van der Waals surface area contributed by atoms with E-state index >= 15 is 0 Å².